The minimum absolute atomic E-state index is 0.224. The second-order valence-corrected chi connectivity index (χ2v) is 6.38. The van der Waals surface area contributed by atoms with Crippen LogP contribution in [-0.2, 0) is 0 Å². The smallest absolute Gasteiger partial charge is 0.282 e. The molecule has 24 heavy (non-hydrogen) atoms. The van der Waals surface area contributed by atoms with Gasteiger partial charge in [0.05, 0.1) is 5.69 Å². The molecule has 0 amide bonds. The van der Waals surface area contributed by atoms with Crippen LogP contribution in [0.4, 0.5) is 0 Å². The summed E-state index contributed by atoms with van der Waals surface area (Å²) in [6, 6.07) is 7.18. The van der Waals surface area contributed by atoms with Crippen LogP contribution in [0.25, 0.3) is 22.5 Å². The van der Waals surface area contributed by atoms with E-state index in [2.05, 4.69) is 20.3 Å². The number of pyridine rings is 1. The third kappa shape index (κ3) is 2.26. The van der Waals surface area contributed by atoms with Gasteiger partial charge in [-0.05, 0) is 36.9 Å². The number of thioether (sulfide) groups is 1. The lowest BCUT2D eigenvalue weighted by Crippen LogP contribution is -2.21. The molecule has 0 bridgehead atoms. The van der Waals surface area contributed by atoms with Crippen molar-refractivity contribution >= 4 is 40.2 Å². The zero-order valence-corrected chi connectivity index (χ0v) is 14.3. The fourth-order valence-electron chi connectivity index (χ4n) is 2.51. The van der Waals surface area contributed by atoms with Crippen molar-refractivity contribution in [3.8, 4) is 5.69 Å². The van der Waals surface area contributed by atoms with Gasteiger partial charge in [0.15, 0.2) is 5.52 Å². The first-order valence-electron chi connectivity index (χ1n) is 7.04. The largest absolute Gasteiger partial charge is 0.285 e. The summed E-state index contributed by atoms with van der Waals surface area (Å²) in [6.45, 7) is 1.92. The summed E-state index contributed by atoms with van der Waals surface area (Å²) in [7, 11) is 0. The molecule has 0 aliphatic rings. The van der Waals surface area contributed by atoms with E-state index in [1.807, 2.05) is 19.2 Å². The molecular weight excluding hydrogens is 348 g/mol. The van der Waals surface area contributed by atoms with Crippen LogP contribution in [0.2, 0.25) is 5.02 Å². The molecule has 0 aliphatic heterocycles. The van der Waals surface area contributed by atoms with Gasteiger partial charge in [0.25, 0.3) is 11.3 Å². The Balaban J connectivity index is 2.03. The topological polar surface area (TPSA) is 78.0 Å². The van der Waals surface area contributed by atoms with Gasteiger partial charge in [-0.15, -0.1) is 15.3 Å². The lowest BCUT2D eigenvalue weighted by molar-refractivity contribution is 0.884. The van der Waals surface area contributed by atoms with Crippen LogP contribution < -0.4 is 5.56 Å². The highest BCUT2D eigenvalue weighted by Gasteiger charge is 2.14. The number of nitrogens with zero attached hydrogens (tertiary/aromatic N) is 6. The molecule has 9 heteroatoms. The molecular formula is C15H11ClN6OS. The van der Waals surface area contributed by atoms with Crippen LogP contribution in [0.5, 0.6) is 0 Å². The molecule has 0 atom stereocenters. The van der Waals surface area contributed by atoms with Crippen molar-refractivity contribution in [2.45, 2.75) is 12.1 Å². The highest BCUT2D eigenvalue weighted by Crippen LogP contribution is 2.19. The van der Waals surface area contributed by atoms with Crippen molar-refractivity contribution in [1.82, 2.24) is 29.4 Å². The average Bonchev–Trinajstić information content (AvgIpc) is 3.01. The van der Waals surface area contributed by atoms with Gasteiger partial charge in [-0.3, -0.25) is 9.36 Å². The molecule has 0 N–H and O–H groups in total. The van der Waals surface area contributed by atoms with E-state index in [0.717, 1.165) is 5.56 Å². The van der Waals surface area contributed by atoms with Gasteiger partial charge < -0.3 is 0 Å². The number of rotatable bonds is 2. The van der Waals surface area contributed by atoms with Gasteiger partial charge in [-0.2, -0.15) is 9.50 Å². The number of benzene rings is 1. The Morgan fingerprint density at radius 3 is 2.83 bits per heavy atom. The molecule has 4 rings (SSSR count). The van der Waals surface area contributed by atoms with Gasteiger partial charge in [0.1, 0.15) is 5.52 Å². The molecule has 0 saturated carbocycles. The van der Waals surface area contributed by atoms with Crippen molar-refractivity contribution < 1.29 is 0 Å². The SMILES string of the molecule is CSc1nc2nnc3c(=O)n(-c4cc(Cl)ccc4C)ccc3n2n1. The first kappa shape index (κ1) is 15.1. The number of fused-ring (bicyclic) bond motifs is 3. The number of hydrogen-bond acceptors (Lipinski definition) is 6. The van der Waals surface area contributed by atoms with Crippen LogP contribution >= 0.6 is 23.4 Å². The molecule has 0 saturated heterocycles. The second kappa shape index (κ2) is 5.57. The third-order valence-corrected chi connectivity index (χ3v) is 4.47. The van der Waals surface area contributed by atoms with Crippen LogP contribution in [-0.4, -0.2) is 35.6 Å². The summed E-state index contributed by atoms with van der Waals surface area (Å²) < 4.78 is 3.04. The molecule has 1 aromatic carbocycles. The molecule has 0 aliphatic carbocycles. The van der Waals surface area contributed by atoms with Crippen molar-refractivity contribution in [2.24, 2.45) is 0 Å². The van der Waals surface area contributed by atoms with Crippen molar-refractivity contribution in [2.75, 3.05) is 6.26 Å². The standard InChI is InChI=1S/C15H11ClN6OS/c1-8-3-4-9(16)7-11(8)21-6-5-10-12(13(21)23)18-19-14-17-15(24-2)20-22(10)14/h3-7H,1-2H3. The Hall–Kier alpha value is -2.45. The first-order valence-corrected chi connectivity index (χ1v) is 8.64. The van der Waals surface area contributed by atoms with Crippen LogP contribution in [0.3, 0.4) is 0 Å². The zero-order valence-electron chi connectivity index (χ0n) is 12.8. The number of aryl methyl sites for hydroxylation is 1. The van der Waals surface area contributed by atoms with E-state index in [-0.39, 0.29) is 11.1 Å². The van der Waals surface area contributed by atoms with E-state index >= 15 is 0 Å². The summed E-state index contributed by atoms with van der Waals surface area (Å²) in [5.74, 6) is 0.364. The number of hydrogen-bond donors (Lipinski definition) is 0. The van der Waals surface area contributed by atoms with E-state index < -0.39 is 0 Å². The average molecular weight is 359 g/mol. The van der Waals surface area contributed by atoms with Crippen LogP contribution in [0, 0.1) is 6.92 Å². The monoisotopic (exact) mass is 358 g/mol. The van der Waals surface area contributed by atoms with Crippen molar-refractivity contribution in [1.29, 1.82) is 0 Å². The summed E-state index contributed by atoms with van der Waals surface area (Å²) in [5.41, 5.74) is 2.14. The molecule has 0 spiro atoms. The molecule has 3 heterocycles. The van der Waals surface area contributed by atoms with E-state index in [0.29, 0.717) is 27.2 Å². The minimum Gasteiger partial charge on any atom is -0.282 e. The predicted octanol–water partition coefficient (Wildman–Crippen LogP) is 2.51. The summed E-state index contributed by atoms with van der Waals surface area (Å²) in [5, 5.41) is 13.5. The maximum Gasteiger partial charge on any atom is 0.285 e. The Labute approximate surface area is 145 Å². The molecule has 4 aromatic rings. The highest BCUT2D eigenvalue weighted by molar-refractivity contribution is 7.98. The van der Waals surface area contributed by atoms with Gasteiger partial charge in [0, 0.05) is 11.2 Å². The summed E-state index contributed by atoms with van der Waals surface area (Å²) in [4.78, 5) is 17.1. The maximum atomic E-state index is 12.9. The Kier molecular flexibility index (Phi) is 3.50. The van der Waals surface area contributed by atoms with E-state index in [1.165, 1.54) is 20.8 Å². The van der Waals surface area contributed by atoms with Crippen LogP contribution in [0.15, 0.2) is 40.4 Å². The maximum absolute atomic E-state index is 12.9. The Morgan fingerprint density at radius 2 is 2.04 bits per heavy atom. The molecule has 0 radical (unpaired) electrons. The molecule has 0 fully saturated rings. The molecule has 3 aromatic heterocycles. The predicted molar refractivity (Wildman–Crippen MR) is 93.2 cm³/mol. The van der Waals surface area contributed by atoms with Gasteiger partial charge >= 0.3 is 0 Å². The molecule has 120 valence electrons. The second-order valence-electron chi connectivity index (χ2n) is 5.17. The number of aromatic nitrogens is 6. The minimum atomic E-state index is -0.284. The zero-order chi connectivity index (χ0) is 16.8. The fraction of sp³-hybridized carbons (Fsp3) is 0.133. The van der Waals surface area contributed by atoms with Gasteiger partial charge in [-0.1, -0.05) is 29.4 Å². The highest BCUT2D eigenvalue weighted by atomic mass is 35.5. The number of halogens is 1. The quantitative estimate of drug-likeness (QED) is 0.512. The molecule has 0 unspecified atom stereocenters. The third-order valence-electron chi connectivity index (χ3n) is 3.70. The lowest BCUT2D eigenvalue weighted by Gasteiger charge is -2.10. The molecule has 7 nitrogen and oxygen atoms in total. The Bertz CT molecular complexity index is 1150. The van der Waals surface area contributed by atoms with Crippen molar-refractivity contribution in [3.05, 3.63) is 51.4 Å². The first-order chi connectivity index (χ1) is 11.6. The Morgan fingerprint density at radius 1 is 1.21 bits per heavy atom. The van der Waals surface area contributed by atoms with Crippen molar-refractivity contribution in [3.63, 3.8) is 0 Å². The lowest BCUT2D eigenvalue weighted by atomic mass is 10.2. The van der Waals surface area contributed by atoms with Crippen LogP contribution in [0.1, 0.15) is 5.56 Å². The van der Waals surface area contributed by atoms with E-state index in [1.54, 1.807) is 24.4 Å². The fourth-order valence-corrected chi connectivity index (χ4v) is 3.01. The van der Waals surface area contributed by atoms with Gasteiger partial charge in [0.2, 0.25) is 5.16 Å². The summed E-state index contributed by atoms with van der Waals surface area (Å²) in [6.07, 6.45) is 3.56. The summed E-state index contributed by atoms with van der Waals surface area (Å²) >= 11 is 7.47. The van der Waals surface area contributed by atoms with E-state index in [9.17, 15) is 4.79 Å². The van der Waals surface area contributed by atoms with Gasteiger partial charge in [-0.25, -0.2) is 0 Å². The van der Waals surface area contributed by atoms with E-state index in [4.69, 9.17) is 11.6 Å². The normalized spacial score (nSPS) is 11.5.